The first-order chi connectivity index (χ1) is 9.10. The zero-order chi connectivity index (χ0) is 13.8. The van der Waals surface area contributed by atoms with Gasteiger partial charge in [-0.1, -0.05) is 25.1 Å². The number of nitrogens with one attached hydrogen (secondary N) is 1. The number of benzene rings is 2. The fourth-order valence-corrected chi connectivity index (χ4v) is 2.55. The van der Waals surface area contributed by atoms with Crippen LogP contribution in [0.15, 0.2) is 46.9 Å². The number of carbonyl (C=O) groups is 1. The number of rotatable bonds is 3. The van der Waals surface area contributed by atoms with Crippen LogP contribution < -0.4 is 5.32 Å². The van der Waals surface area contributed by atoms with E-state index in [0.717, 1.165) is 22.1 Å². The molecule has 1 amide bonds. The summed E-state index contributed by atoms with van der Waals surface area (Å²) < 4.78 is 0.816. The van der Waals surface area contributed by atoms with Gasteiger partial charge in [0.05, 0.1) is 5.56 Å². The standard InChI is InChI=1S/C16H16BrNO/c1-3-12-5-4-6-13(10-12)18-16(19)14-8-7-11(2)9-15(14)17/h4-10H,3H2,1-2H3,(H,18,19). The monoisotopic (exact) mass is 317 g/mol. The normalized spacial score (nSPS) is 10.3. The molecule has 0 aliphatic carbocycles. The van der Waals surface area contributed by atoms with E-state index in [1.165, 1.54) is 5.56 Å². The largest absolute Gasteiger partial charge is 0.322 e. The van der Waals surface area contributed by atoms with E-state index >= 15 is 0 Å². The second-order valence-corrected chi connectivity index (χ2v) is 5.35. The molecule has 0 aliphatic heterocycles. The third-order valence-electron chi connectivity index (χ3n) is 2.96. The summed E-state index contributed by atoms with van der Waals surface area (Å²) in [5, 5.41) is 2.92. The van der Waals surface area contributed by atoms with Gasteiger partial charge in [0.2, 0.25) is 0 Å². The van der Waals surface area contributed by atoms with Crippen LogP contribution in [-0.4, -0.2) is 5.91 Å². The minimum Gasteiger partial charge on any atom is -0.322 e. The van der Waals surface area contributed by atoms with E-state index in [4.69, 9.17) is 0 Å². The Bertz CT molecular complexity index is 607. The van der Waals surface area contributed by atoms with Crippen LogP contribution in [0.25, 0.3) is 0 Å². The molecule has 2 aromatic carbocycles. The third-order valence-corrected chi connectivity index (χ3v) is 3.62. The summed E-state index contributed by atoms with van der Waals surface area (Å²) in [6.45, 7) is 4.09. The Morgan fingerprint density at radius 1 is 1.21 bits per heavy atom. The third kappa shape index (κ3) is 3.44. The molecule has 1 N–H and O–H groups in total. The predicted octanol–water partition coefficient (Wildman–Crippen LogP) is 4.57. The van der Waals surface area contributed by atoms with Crippen molar-refractivity contribution in [2.45, 2.75) is 20.3 Å². The molecule has 0 unspecified atom stereocenters. The summed E-state index contributed by atoms with van der Waals surface area (Å²) in [4.78, 5) is 12.2. The fraction of sp³-hybridized carbons (Fsp3) is 0.188. The molecule has 2 rings (SSSR count). The lowest BCUT2D eigenvalue weighted by Crippen LogP contribution is -2.12. The second kappa shape index (κ2) is 6.02. The van der Waals surface area contributed by atoms with E-state index in [1.807, 2.05) is 43.3 Å². The Hall–Kier alpha value is -1.61. The predicted molar refractivity (Wildman–Crippen MR) is 82.7 cm³/mol. The molecular formula is C16H16BrNO. The highest BCUT2D eigenvalue weighted by atomic mass is 79.9. The number of hydrogen-bond acceptors (Lipinski definition) is 1. The number of hydrogen-bond donors (Lipinski definition) is 1. The molecule has 0 aromatic heterocycles. The lowest BCUT2D eigenvalue weighted by Gasteiger charge is -2.08. The summed E-state index contributed by atoms with van der Waals surface area (Å²) in [7, 11) is 0. The van der Waals surface area contributed by atoms with Crippen molar-refractivity contribution in [3.8, 4) is 0 Å². The van der Waals surface area contributed by atoms with Crippen molar-refractivity contribution >= 4 is 27.5 Å². The number of amides is 1. The van der Waals surface area contributed by atoms with Crippen LogP contribution in [0, 0.1) is 6.92 Å². The van der Waals surface area contributed by atoms with Gasteiger partial charge in [-0.3, -0.25) is 4.79 Å². The first kappa shape index (κ1) is 13.8. The molecule has 2 nitrogen and oxygen atoms in total. The molecule has 0 bridgehead atoms. The number of aryl methyl sites for hydroxylation is 2. The molecule has 2 aromatic rings. The van der Waals surface area contributed by atoms with Crippen molar-refractivity contribution in [1.29, 1.82) is 0 Å². The van der Waals surface area contributed by atoms with Gasteiger partial charge in [0, 0.05) is 10.2 Å². The Kier molecular flexibility index (Phi) is 4.38. The van der Waals surface area contributed by atoms with Crippen molar-refractivity contribution in [3.63, 3.8) is 0 Å². The topological polar surface area (TPSA) is 29.1 Å². The van der Waals surface area contributed by atoms with Crippen molar-refractivity contribution in [2.24, 2.45) is 0 Å². The molecule has 0 aliphatic rings. The summed E-state index contributed by atoms with van der Waals surface area (Å²) in [6, 6.07) is 13.6. The lowest BCUT2D eigenvalue weighted by molar-refractivity contribution is 0.102. The maximum absolute atomic E-state index is 12.2. The van der Waals surface area contributed by atoms with Crippen molar-refractivity contribution in [2.75, 3.05) is 5.32 Å². The summed E-state index contributed by atoms with van der Waals surface area (Å²) in [6.07, 6.45) is 0.956. The van der Waals surface area contributed by atoms with E-state index in [2.05, 4.69) is 34.2 Å². The highest BCUT2D eigenvalue weighted by molar-refractivity contribution is 9.10. The van der Waals surface area contributed by atoms with Gasteiger partial charge in [-0.25, -0.2) is 0 Å². The first-order valence-corrected chi connectivity index (χ1v) is 7.06. The smallest absolute Gasteiger partial charge is 0.256 e. The quantitative estimate of drug-likeness (QED) is 0.882. The van der Waals surface area contributed by atoms with Gasteiger partial charge in [0.1, 0.15) is 0 Å². The maximum atomic E-state index is 12.2. The molecule has 3 heteroatoms. The van der Waals surface area contributed by atoms with Crippen LogP contribution in [0.4, 0.5) is 5.69 Å². The lowest BCUT2D eigenvalue weighted by atomic mass is 10.1. The summed E-state index contributed by atoms with van der Waals surface area (Å²) in [5.41, 5.74) is 3.81. The summed E-state index contributed by atoms with van der Waals surface area (Å²) >= 11 is 3.43. The van der Waals surface area contributed by atoms with Gasteiger partial charge in [-0.2, -0.15) is 0 Å². The van der Waals surface area contributed by atoms with E-state index in [1.54, 1.807) is 0 Å². The Balaban J connectivity index is 2.20. The Labute approximate surface area is 122 Å². The zero-order valence-electron chi connectivity index (χ0n) is 11.0. The van der Waals surface area contributed by atoms with Gasteiger partial charge >= 0.3 is 0 Å². The van der Waals surface area contributed by atoms with Gasteiger partial charge in [0.15, 0.2) is 0 Å². The van der Waals surface area contributed by atoms with Crippen molar-refractivity contribution in [1.82, 2.24) is 0 Å². The highest BCUT2D eigenvalue weighted by Gasteiger charge is 2.10. The second-order valence-electron chi connectivity index (χ2n) is 4.49. The average Bonchev–Trinajstić information content (AvgIpc) is 2.38. The molecule has 0 spiro atoms. The minimum atomic E-state index is -0.0971. The first-order valence-electron chi connectivity index (χ1n) is 6.26. The molecule has 0 saturated heterocycles. The van der Waals surface area contributed by atoms with Crippen LogP contribution in [0.2, 0.25) is 0 Å². The Morgan fingerprint density at radius 2 is 2.00 bits per heavy atom. The number of anilines is 1. The fourth-order valence-electron chi connectivity index (χ4n) is 1.87. The molecule has 19 heavy (non-hydrogen) atoms. The van der Waals surface area contributed by atoms with E-state index in [-0.39, 0.29) is 5.91 Å². The molecule has 0 saturated carbocycles. The van der Waals surface area contributed by atoms with Gasteiger partial charge < -0.3 is 5.32 Å². The number of halogens is 1. The van der Waals surface area contributed by atoms with Gasteiger partial charge in [0.25, 0.3) is 5.91 Å². The molecule has 0 radical (unpaired) electrons. The molecule has 0 fully saturated rings. The van der Waals surface area contributed by atoms with Crippen molar-refractivity contribution < 1.29 is 4.79 Å². The maximum Gasteiger partial charge on any atom is 0.256 e. The molecule has 0 heterocycles. The minimum absolute atomic E-state index is 0.0971. The molecule has 98 valence electrons. The molecular weight excluding hydrogens is 302 g/mol. The van der Waals surface area contributed by atoms with E-state index in [9.17, 15) is 4.79 Å². The van der Waals surface area contributed by atoms with Crippen LogP contribution in [0.1, 0.15) is 28.4 Å². The van der Waals surface area contributed by atoms with Crippen LogP contribution in [-0.2, 0) is 6.42 Å². The Morgan fingerprint density at radius 3 is 2.68 bits per heavy atom. The van der Waals surface area contributed by atoms with Gasteiger partial charge in [-0.05, 0) is 64.7 Å². The van der Waals surface area contributed by atoms with Crippen LogP contribution >= 0.6 is 15.9 Å². The SMILES string of the molecule is CCc1cccc(NC(=O)c2ccc(C)cc2Br)c1. The van der Waals surface area contributed by atoms with Gasteiger partial charge in [-0.15, -0.1) is 0 Å². The number of carbonyl (C=O) groups excluding carboxylic acids is 1. The van der Waals surface area contributed by atoms with Crippen molar-refractivity contribution in [3.05, 3.63) is 63.6 Å². The zero-order valence-corrected chi connectivity index (χ0v) is 12.6. The summed E-state index contributed by atoms with van der Waals surface area (Å²) in [5.74, 6) is -0.0971. The molecule has 0 atom stereocenters. The van der Waals surface area contributed by atoms with E-state index < -0.39 is 0 Å². The highest BCUT2D eigenvalue weighted by Crippen LogP contribution is 2.20. The van der Waals surface area contributed by atoms with E-state index in [0.29, 0.717) is 5.56 Å². The van der Waals surface area contributed by atoms with Crippen LogP contribution in [0.5, 0.6) is 0 Å². The van der Waals surface area contributed by atoms with Crippen LogP contribution in [0.3, 0.4) is 0 Å². The average molecular weight is 318 g/mol.